The predicted molar refractivity (Wildman–Crippen MR) is 112 cm³/mol. The van der Waals surface area contributed by atoms with E-state index in [1.54, 1.807) is 12.3 Å². The Kier molecular flexibility index (Phi) is 4.86. The van der Waals surface area contributed by atoms with Crippen molar-refractivity contribution >= 4 is 17.3 Å². The highest BCUT2D eigenvalue weighted by Crippen LogP contribution is 2.40. The van der Waals surface area contributed by atoms with Crippen molar-refractivity contribution in [3.63, 3.8) is 0 Å². The van der Waals surface area contributed by atoms with E-state index in [9.17, 15) is 13.6 Å². The summed E-state index contributed by atoms with van der Waals surface area (Å²) in [4.78, 5) is 16.6. The van der Waals surface area contributed by atoms with Gasteiger partial charge in [-0.15, -0.1) is 0 Å². The lowest BCUT2D eigenvalue weighted by atomic mass is 9.89. The molecule has 0 atom stereocenters. The summed E-state index contributed by atoms with van der Waals surface area (Å²) < 4.78 is 33.8. The third-order valence-electron chi connectivity index (χ3n) is 4.87. The number of rotatable bonds is 3. The maximum atomic E-state index is 13.9. The number of hydrogen-bond acceptors (Lipinski definition) is 3. The van der Waals surface area contributed by atoms with E-state index in [0.717, 1.165) is 40.1 Å². The molecular formula is C24H20F2N2O2. The number of carbonyl (C=O) groups excluding carboxylic acids is 1. The Morgan fingerprint density at radius 3 is 2.43 bits per heavy atom. The molecule has 6 heteroatoms. The van der Waals surface area contributed by atoms with Crippen molar-refractivity contribution in [2.75, 3.05) is 5.32 Å². The summed E-state index contributed by atoms with van der Waals surface area (Å²) in [6, 6.07) is 12.7. The fourth-order valence-electron chi connectivity index (χ4n) is 3.54. The lowest BCUT2D eigenvalue weighted by molar-refractivity contribution is 0.101. The van der Waals surface area contributed by atoms with Crippen molar-refractivity contribution in [1.29, 1.82) is 0 Å². The molecular weight excluding hydrogens is 386 g/mol. The number of benzene rings is 2. The fourth-order valence-corrected chi connectivity index (χ4v) is 3.54. The van der Waals surface area contributed by atoms with Crippen molar-refractivity contribution in [2.24, 2.45) is 0 Å². The monoisotopic (exact) mass is 406 g/mol. The summed E-state index contributed by atoms with van der Waals surface area (Å²) in [5.41, 5.74) is 2.54. The van der Waals surface area contributed by atoms with Gasteiger partial charge in [-0.1, -0.05) is 24.3 Å². The molecule has 4 nitrogen and oxygen atoms in total. The second-order valence-corrected chi connectivity index (χ2v) is 7.69. The van der Waals surface area contributed by atoms with Crippen molar-refractivity contribution in [1.82, 2.24) is 4.98 Å². The lowest BCUT2D eigenvalue weighted by Gasteiger charge is -2.31. The van der Waals surface area contributed by atoms with Gasteiger partial charge in [-0.3, -0.25) is 4.79 Å². The molecule has 1 amide bonds. The zero-order chi connectivity index (χ0) is 21.5. The van der Waals surface area contributed by atoms with Gasteiger partial charge >= 0.3 is 0 Å². The molecule has 30 heavy (non-hydrogen) atoms. The van der Waals surface area contributed by atoms with E-state index in [1.165, 1.54) is 6.07 Å². The van der Waals surface area contributed by atoms with E-state index < -0.39 is 28.7 Å². The molecule has 1 aromatic heterocycles. The van der Waals surface area contributed by atoms with Crippen LogP contribution in [0.4, 0.5) is 14.6 Å². The molecule has 0 bridgehead atoms. The number of halogens is 2. The molecule has 2 aromatic carbocycles. The first-order chi connectivity index (χ1) is 14.2. The van der Waals surface area contributed by atoms with Crippen LogP contribution in [0.3, 0.4) is 0 Å². The Morgan fingerprint density at radius 1 is 1.03 bits per heavy atom. The van der Waals surface area contributed by atoms with E-state index in [0.29, 0.717) is 0 Å². The van der Waals surface area contributed by atoms with Crippen LogP contribution in [0.15, 0.2) is 60.8 Å². The smallest absolute Gasteiger partial charge is 0.262 e. The fraction of sp³-hybridized carbons (Fsp3) is 0.167. The quantitative estimate of drug-likeness (QED) is 0.623. The minimum Gasteiger partial charge on any atom is -0.483 e. The summed E-state index contributed by atoms with van der Waals surface area (Å²) in [5, 5.41) is 2.47. The second kappa shape index (κ2) is 7.37. The molecule has 0 saturated carbocycles. The van der Waals surface area contributed by atoms with Crippen molar-refractivity contribution in [3.8, 4) is 5.75 Å². The Morgan fingerprint density at radius 2 is 1.73 bits per heavy atom. The van der Waals surface area contributed by atoms with Crippen LogP contribution in [-0.2, 0) is 0 Å². The Labute approximate surface area is 173 Å². The van der Waals surface area contributed by atoms with Crippen molar-refractivity contribution in [3.05, 3.63) is 94.7 Å². The third-order valence-corrected chi connectivity index (χ3v) is 4.87. The lowest BCUT2D eigenvalue weighted by Crippen LogP contribution is -2.29. The number of hydrogen-bond donors (Lipinski definition) is 1. The SMILES string of the molecule is Cc1cc(NC(=O)c2c(F)cccc2F)ncc1C1=CC(C)(C)Oc2ccccc21. The number of aryl methyl sites for hydroxylation is 1. The van der Waals surface area contributed by atoms with Gasteiger partial charge in [0.05, 0.1) is 0 Å². The minimum atomic E-state index is -0.924. The van der Waals surface area contributed by atoms with E-state index >= 15 is 0 Å². The first-order valence-corrected chi connectivity index (χ1v) is 9.49. The molecule has 0 spiro atoms. The highest BCUT2D eigenvalue weighted by Gasteiger charge is 2.28. The maximum Gasteiger partial charge on any atom is 0.262 e. The van der Waals surface area contributed by atoms with Gasteiger partial charge < -0.3 is 10.1 Å². The van der Waals surface area contributed by atoms with Crippen molar-refractivity contribution < 1.29 is 18.3 Å². The number of anilines is 1. The highest BCUT2D eigenvalue weighted by molar-refractivity contribution is 6.04. The maximum absolute atomic E-state index is 13.9. The van der Waals surface area contributed by atoms with Gasteiger partial charge in [0.2, 0.25) is 0 Å². The summed E-state index contributed by atoms with van der Waals surface area (Å²) in [6.07, 6.45) is 3.68. The molecule has 1 N–H and O–H groups in total. The zero-order valence-corrected chi connectivity index (χ0v) is 16.8. The van der Waals surface area contributed by atoms with Crippen LogP contribution in [0, 0.1) is 18.6 Å². The summed E-state index contributed by atoms with van der Waals surface area (Å²) >= 11 is 0. The number of pyridine rings is 1. The van der Waals surface area contributed by atoms with Crippen LogP contribution in [0.2, 0.25) is 0 Å². The van der Waals surface area contributed by atoms with Gasteiger partial charge in [0, 0.05) is 17.3 Å². The van der Waals surface area contributed by atoms with E-state index in [4.69, 9.17) is 4.74 Å². The molecule has 4 rings (SSSR count). The number of nitrogens with one attached hydrogen (secondary N) is 1. The topological polar surface area (TPSA) is 51.2 Å². The summed E-state index contributed by atoms with van der Waals surface area (Å²) in [7, 11) is 0. The predicted octanol–water partition coefficient (Wildman–Crippen LogP) is 5.52. The molecule has 0 unspecified atom stereocenters. The number of carbonyl (C=O) groups is 1. The van der Waals surface area contributed by atoms with Gasteiger partial charge in [-0.05, 0) is 62.2 Å². The van der Waals surface area contributed by atoms with Gasteiger partial charge in [-0.25, -0.2) is 13.8 Å². The van der Waals surface area contributed by atoms with E-state index in [2.05, 4.69) is 10.3 Å². The number of nitrogens with zero attached hydrogens (tertiary/aromatic N) is 1. The average Bonchev–Trinajstić information content (AvgIpc) is 2.66. The zero-order valence-electron chi connectivity index (χ0n) is 16.8. The van der Waals surface area contributed by atoms with Crippen LogP contribution < -0.4 is 10.1 Å². The van der Waals surface area contributed by atoms with Gasteiger partial charge in [0.1, 0.15) is 34.4 Å². The molecule has 1 aliphatic rings. The minimum absolute atomic E-state index is 0.212. The molecule has 0 saturated heterocycles. The normalized spacial score (nSPS) is 14.4. The van der Waals surface area contributed by atoms with E-state index in [-0.39, 0.29) is 5.82 Å². The van der Waals surface area contributed by atoms with E-state index in [1.807, 2.05) is 51.1 Å². The standard InChI is InChI=1S/C24H20F2N2O2/c1-14-11-21(28-23(29)22-18(25)8-6-9-19(22)26)27-13-17(14)16-12-24(2,3)30-20-10-5-4-7-15(16)20/h4-13H,1-3H3,(H,27,28,29). The van der Waals surface area contributed by atoms with Gasteiger partial charge in [-0.2, -0.15) is 0 Å². The molecule has 1 aliphatic heterocycles. The Balaban J connectivity index is 1.67. The molecule has 0 fully saturated rings. The van der Waals surface area contributed by atoms with Gasteiger partial charge in [0.15, 0.2) is 0 Å². The van der Waals surface area contributed by atoms with Crippen LogP contribution >= 0.6 is 0 Å². The summed E-state index contributed by atoms with van der Waals surface area (Å²) in [6.45, 7) is 5.84. The molecule has 2 heterocycles. The molecule has 0 aliphatic carbocycles. The average molecular weight is 406 g/mol. The first kappa shape index (κ1) is 19.8. The van der Waals surface area contributed by atoms with Crippen LogP contribution in [-0.4, -0.2) is 16.5 Å². The first-order valence-electron chi connectivity index (χ1n) is 9.49. The number of amides is 1. The Bertz CT molecular complexity index is 1170. The van der Waals surface area contributed by atoms with Gasteiger partial charge in [0.25, 0.3) is 5.91 Å². The molecule has 0 radical (unpaired) electrons. The third kappa shape index (κ3) is 3.68. The number of para-hydroxylation sites is 1. The second-order valence-electron chi connectivity index (χ2n) is 7.69. The van der Waals surface area contributed by atoms with Crippen molar-refractivity contribution in [2.45, 2.75) is 26.4 Å². The number of fused-ring (bicyclic) bond motifs is 1. The molecule has 3 aromatic rings. The molecule has 152 valence electrons. The number of ether oxygens (including phenoxy) is 1. The summed E-state index contributed by atoms with van der Waals surface area (Å²) in [5.74, 6) is -1.74. The largest absolute Gasteiger partial charge is 0.483 e. The van der Waals surface area contributed by atoms with Crippen LogP contribution in [0.1, 0.15) is 40.9 Å². The highest BCUT2D eigenvalue weighted by atomic mass is 19.1. The van der Waals surface area contributed by atoms with Crippen LogP contribution in [0.5, 0.6) is 5.75 Å². The Hall–Kier alpha value is -3.54. The number of aromatic nitrogens is 1. The van der Waals surface area contributed by atoms with Crippen LogP contribution in [0.25, 0.3) is 5.57 Å².